The van der Waals surface area contributed by atoms with Crippen LogP contribution in [0.5, 0.6) is 0 Å². The fourth-order valence-electron chi connectivity index (χ4n) is 10.2. The van der Waals surface area contributed by atoms with Gasteiger partial charge in [-0.15, -0.1) is 0 Å². The topological polar surface area (TPSA) is 80.4 Å². The van der Waals surface area contributed by atoms with E-state index in [0.717, 1.165) is 44.3 Å². The monoisotopic (exact) mass is 479 g/mol. The van der Waals surface area contributed by atoms with E-state index in [0.29, 0.717) is 18.8 Å². The fraction of sp³-hybridized carbons (Fsp3) is 0.767. The first-order chi connectivity index (χ1) is 16.3. The number of hydrogen-bond acceptors (Lipinski definition) is 4. The van der Waals surface area contributed by atoms with Crippen LogP contribution in [0.4, 0.5) is 0 Å². The molecule has 0 bridgehead atoms. The van der Waals surface area contributed by atoms with Crippen LogP contribution in [0.15, 0.2) is 22.4 Å². The fourth-order valence-corrected chi connectivity index (χ4v) is 10.2. The number of carboxylic acid groups (broad SMARTS) is 1. The second-order valence-electron chi connectivity index (χ2n) is 14.4. The Labute approximate surface area is 209 Å². The summed E-state index contributed by atoms with van der Waals surface area (Å²) in [6, 6.07) is 0. The summed E-state index contributed by atoms with van der Waals surface area (Å²) in [5.74, 6) is 0.936. The Kier molecular flexibility index (Phi) is 4.62. The number of nitrogens with zero attached hydrogens (tertiary/aromatic N) is 1. The van der Waals surface area contributed by atoms with Crippen LogP contribution >= 0.6 is 0 Å². The number of carbonyl (C=O) groups excluding carboxylic acids is 1. The van der Waals surface area contributed by atoms with Gasteiger partial charge in [-0.1, -0.05) is 52.3 Å². The lowest BCUT2D eigenvalue weighted by molar-refractivity contribution is -0.188. The molecule has 0 spiro atoms. The zero-order valence-electron chi connectivity index (χ0n) is 22.2. The van der Waals surface area contributed by atoms with Crippen LogP contribution in [0, 0.1) is 44.8 Å². The first kappa shape index (κ1) is 23.5. The van der Waals surface area contributed by atoms with Crippen LogP contribution in [0.2, 0.25) is 0 Å². The molecule has 8 atom stereocenters. The third-order valence-electron chi connectivity index (χ3n) is 12.4. The lowest BCUT2D eigenvalue weighted by Crippen LogP contribution is -2.65. The van der Waals surface area contributed by atoms with Crippen molar-refractivity contribution < 1.29 is 19.2 Å². The molecule has 0 amide bonds. The number of aromatic nitrogens is 1. The predicted octanol–water partition coefficient (Wildman–Crippen LogP) is 6.58. The number of carboxylic acids is 1. The van der Waals surface area contributed by atoms with E-state index in [2.05, 4.69) is 46.7 Å². The van der Waals surface area contributed by atoms with Gasteiger partial charge < -0.3 is 9.63 Å². The molecule has 0 aliphatic heterocycles. The number of aliphatic carboxylic acids is 1. The molecule has 5 nitrogen and oxygen atoms in total. The molecule has 5 aliphatic carbocycles. The summed E-state index contributed by atoms with van der Waals surface area (Å²) in [5, 5.41) is 14.6. The number of hydrogen-bond donors (Lipinski definition) is 1. The first-order valence-electron chi connectivity index (χ1n) is 13.7. The van der Waals surface area contributed by atoms with Crippen LogP contribution in [-0.2, 0) is 16.0 Å². The van der Waals surface area contributed by atoms with Crippen molar-refractivity contribution in [1.82, 2.24) is 5.16 Å². The largest absolute Gasteiger partial charge is 0.481 e. The van der Waals surface area contributed by atoms with Crippen molar-refractivity contribution in [2.75, 3.05) is 0 Å². The Morgan fingerprint density at radius 1 is 1.06 bits per heavy atom. The van der Waals surface area contributed by atoms with Crippen LogP contribution in [-0.4, -0.2) is 22.0 Å². The minimum Gasteiger partial charge on any atom is -0.481 e. The molecule has 0 radical (unpaired) electrons. The molecule has 1 heterocycles. The van der Waals surface area contributed by atoms with Gasteiger partial charge in [0.05, 0.1) is 11.6 Å². The summed E-state index contributed by atoms with van der Waals surface area (Å²) < 4.78 is 5.67. The number of rotatable bonds is 1. The molecule has 5 heteroatoms. The van der Waals surface area contributed by atoms with Crippen molar-refractivity contribution in [3.63, 3.8) is 0 Å². The Hall–Kier alpha value is -1.91. The Bertz CT molecular complexity index is 1150. The summed E-state index contributed by atoms with van der Waals surface area (Å²) in [6.45, 7) is 13.9. The maximum atomic E-state index is 14.3. The Morgan fingerprint density at radius 3 is 2.49 bits per heavy atom. The average molecular weight is 480 g/mol. The summed E-state index contributed by atoms with van der Waals surface area (Å²) >= 11 is 0. The molecule has 190 valence electrons. The van der Waals surface area contributed by atoms with Gasteiger partial charge in [-0.25, -0.2) is 0 Å². The second-order valence-corrected chi connectivity index (χ2v) is 14.4. The van der Waals surface area contributed by atoms with Crippen molar-refractivity contribution >= 4 is 11.8 Å². The lowest BCUT2D eigenvalue weighted by atomic mass is 9.34. The molecule has 1 N–H and O–H groups in total. The third kappa shape index (κ3) is 2.73. The van der Waals surface area contributed by atoms with Gasteiger partial charge in [0, 0.05) is 17.4 Å². The number of carbonyl (C=O) groups is 2. The van der Waals surface area contributed by atoms with Crippen LogP contribution < -0.4 is 0 Å². The van der Waals surface area contributed by atoms with Gasteiger partial charge in [-0.3, -0.25) is 9.59 Å². The van der Waals surface area contributed by atoms with Crippen molar-refractivity contribution in [3.8, 4) is 0 Å². The van der Waals surface area contributed by atoms with Gasteiger partial charge in [0.2, 0.25) is 0 Å². The smallest absolute Gasteiger partial charge is 0.309 e. The molecule has 6 rings (SSSR count). The summed E-state index contributed by atoms with van der Waals surface area (Å²) in [6.07, 6.45) is 10.9. The van der Waals surface area contributed by atoms with Crippen LogP contribution in [0.3, 0.4) is 0 Å². The SMILES string of the molecule is C[C@@H]1c2oncc2C[C@]2(C)C3=CC(=O)[C@H]4C5CC(C)(C)CC[C@]5(C(=O)O)CC[C@@]4(C)[C@]3(C)CC[C@@H]12. The van der Waals surface area contributed by atoms with Gasteiger partial charge in [0.15, 0.2) is 5.78 Å². The maximum absolute atomic E-state index is 14.3. The molecule has 1 aromatic heterocycles. The Morgan fingerprint density at radius 2 is 1.77 bits per heavy atom. The second kappa shape index (κ2) is 6.89. The van der Waals surface area contributed by atoms with Crippen molar-refractivity contribution in [1.29, 1.82) is 0 Å². The van der Waals surface area contributed by atoms with E-state index in [1.165, 1.54) is 11.1 Å². The van der Waals surface area contributed by atoms with Crippen molar-refractivity contribution in [3.05, 3.63) is 29.2 Å². The lowest BCUT2D eigenvalue weighted by Gasteiger charge is -2.68. The summed E-state index contributed by atoms with van der Waals surface area (Å²) in [4.78, 5) is 27.0. The van der Waals surface area contributed by atoms with Gasteiger partial charge >= 0.3 is 5.97 Å². The highest BCUT2D eigenvalue weighted by molar-refractivity contribution is 5.96. The van der Waals surface area contributed by atoms with Gasteiger partial charge in [-0.2, -0.15) is 0 Å². The van der Waals surface area contributed by atoms with E-state index in [1.54, 1.807) is 0 Å². The molecule has 1 aromatic rings. The summed E-state index contributed by atoms with van der Waals surface area (Å²) in [7, 11) is 0. The molecule has 3 saturated carbocycles. The first-order valence-corrected chi connectivity index (χ1v) is 13.7. The number of fused-ring (bicyclic) bond motifs is 8. The summed E-state index contributed by atoms with van der Waals surface area (Å²) in [5.41, 5.74) is 1.37. The molecule has 0 saturated heterocycles. The van der Waals surface area contributed by atoms with Gasteiger partial charge in [0.25, 0.3) is 0 Å². The predicted molar refractivity (Wildman–Crippen MR) is 133 cm³/mol. The van der Waals surface area contributed by atoms with Crippen LogP contribution in [0.1, 0.15) is 104 Å². The number of allylic oxidation sites excluding steroid dienone is 2. The standard InChI is InChI=1S/C30H41NO4/c1-17-19-7-8-28(5)22(27(19,4)14-18-16-31-35-24(17)18)13-21(32)23-20-15-26(2,3)9-11-30(20,25(33)34)12-10-29(23,28)6/h13,16-17,19-20,23H,7-12,14-15H2,1-6H3,(H,33,34)/t17-,19-,20?,23+,27-,28+,29+,30-/m0/s1. The quantitative estimate of drug-likeness (QED) is 0.492. The zero-order chi connectivity index (χ0) is 25.2. The molecule has 1 unspecified atom stereocenters. The van der Waals surface area contributed by atoms with E-state index in [1.807, 2.05) is 12.3 Å². The van der Waals surface area contributed by atoms with E-state index >= 15 is 0 Å². The molecule has 3 fully saturated rings. The highest BCUT2D eigenvalue weighted by atomic mass is 16.5. The van der Waals surface area contributed by atoms with E-state index in [-0.39, 0.29) is 45.2 Å². The highest BCUT2D eigenvalue weighted by Gasteiger charge is 2.70. The minimum absolute atomic E-state index is 0.0696. The molecular formula is C30H41NO4. The van der Waals surface area contributed by atoms with E-state index in [4.69, 9.17) is 4.52 Å². The highest BCUT2D eigenvalue weighted by Crippen LogP contribution is 2.74. The molecule has 5 aliphatic rings. The van der Waals surface area contributed by atoms with E-state index < -0.39 is 11.4 Å². The minimum atomic E-state index is -0.755. The normalized spacial score (nSPS) is 47.9. The average Bonchev–Trinajstić information content (AvgIpc) is 3.23. The molecule has 0 aromatic carbocycles. The van der Waals surface area contributed by atoms with Crippen LogP contribution in [0.25, 0.3) is 0 Å². The van der Waals surface area contributed by atoms with Crippen molar-refractivity contribution in [2.45, 2.75) is 98.8 Å². The maximum Gasteiger partial charge on any atom is 0.309 e. The molecular weight excluding hydrogens is 438 g/mol. The molecule has 35 heavy (non-hydrogen) atoms. The van der Waals surface area contributed by atoms with E-state index in [9.17, 15) is 14.7 Å². The number of ketones is 1. The Balaban J connectivity index is 1.50. The zero-order valence-corrected chi connectivity index (χ0v) is 22.2. The third-order valence-corrected chi connectivity index (χ3v) is 12.4. The van der Waals surface area contributed by atoms with Crippen molar-refractivity contribution in [2.24, 2.45) is 44.8 Å². The van der Waals surface area contributed by atoms with Gasteiger partial charge in [-0.05, 0) is 90.9 Å². The van der Waals surface area contributed by atoms with Gasteiger partial charge in [0.1, 0.15) is 5.76 Å².